The van der Waals surface area contributed by atoms with Gasteiger partial charge >= 0.3 is 0 Å². The van der Waals surface area contributed by atoms with E-state index in [9.17, 15) is 4.79 Å². The van der Waals surface area contributed by atoms with Gasteiger partial charge < -0.3 is 16.0 Å². The van der Waals surface area contributed by atoms with Crippen LogP contribution < -0.4 is 16.0 Å². The topological polar surface area (TPSA) is 58.4 Å². The van der Waals surface area contributed by atoms with Crippen LogP contribution in [0.1, 0.15) is 33.1 Å². The fraction of sp³-hybridized carbons (Fsp3) is 0.588. The highest BCUT2D eigenvalue weighted by Crippen LogP contribution is 2.19. The number of piperidine rings is 1. The highest BCUT2D eigenvalue weighted by Gasteiger charge is 2.25. The molecule has 5 heteroatoms. The number of nitrogens with zero attached hydrogens (tertiary/aromatic N) is 1. The first-order valence-electron chi connectivity index (χ1n) is 7.97. The van der Waals surface area contributed by atoms with Crippen molar-refractivity contribution in [3.63, 3.8) is 0 Å². The van der Waals surface area contributed by atoms with E-state index in [1.165, 1.54) is 5.69 Å². The van der Waals surface area contributed by atoms with E-state index in [-0.39, 0.29) is 30.3 Å². The zero-order valence-electron chi connectivity index (χ0n) is 13.5. The van der Waals surface area contributed by atoms with Gasteiger partial charge in [0.2, 0.25) is 5.91 Å². The first kappa shape index (κ1) is 18.8. The number of nitrogens with two attached hydrogens (primary N) is 1. The summed E-state index contributed by atoms with van der Waals surface area (Å²) >= 11 is 0. The Morgan fingerprint density at radius 3 is 2.73 bits per heavy atom. The monoisotopic (exact) mass is 325 g/mol. The van der Waals surface area contributed by atoms with Crippen LogP contribution in [0.3, 0.4) is 0 Å². The Balaban J connectivity index is 0.00000242. The molecule has 3 atom stereocenters. The Hall–Kier alpha value is -1.26. The number of amides is 1. The lowest BCUT2D eigenvalue weighted by Gasteiger charge is -2.35. The van der Waals surface area contributed by atoms with Crippen molar-refractivity contribution in [1.29, 1.82) is 0 Å². The minimum absolute atomic E-state index is 0. The molecule has 1 aliphatic rings. The van der Waals surface area contributed by atoms with E-state index in [0.717, 1.165) is 32.4 Å². The van der Waals surface area contributed by atoms with Gasteiger partial charge in [-0.25, -0.2) is 0 Å². The van der Waals surface area contributed by atoms with Crippen molar-refractivity contribution in [3.8, 4) is 0 Å². The number of benzene rings is 1. The zero-order valence-corrected chi connectivity index (χ0v) is 14.3. The van der Waals surface area contributed by atoms with Crippen LogP contribution in [0.15, 0.2) is 30.3 Å². The molecule has 1 heterocycles. The lowest BCUT2D eigenvalue weighted by Crippen LogP contribution is -2.53. The molecule has 124 valence electrons. The maximum atomic E-state index is 12.2. The van der Waals surface area contributed by atoms with Gasteiger partial charge in [-0.05, 0) is 30.9 Å². The molecule has 0 aliphatic carbocycles. The first-order chi connectivity index (χ1) is 10.1. The molecule has 1 aromatic rings. The van der Waals surface area contributed by atoms with Gasteiger partial charge in [-0.3, -0.25) is 4.79 Å². The number of para-hydroxylation sites is 1. The molecule has 0 aromatic heterocycles. The summed E-state index contributed by atoms with van der Waals surface area (Å²) in [5, 5.41) is 3.13. The number of carbonyl (C=O) groups excluding carboxylic acids is 1. The van der Waals surface area contributed by atoms with Gasteiger partial charge in [0.1, 0.15) is 0 Å². The van der Waals surface area contributed by atoms with Crippen molar-refractivity contribution in [2.45, 2.75) is 45.2 Å². The van der Waals surface area contributed by atoms with Gasteiger partial charge in [0.15, 0.2) is 0 Å². The SMILES string of the molecule is CCC(C)C(N)C(=O)NC1CCCN(c2ccccc2)C1.Cl. The number of hydrogen-bond donors (Lipinski definition) is 2. The van der Waals surface area contributed by atoms with Crippen molar-refractivity contribution in [2.75, 3.05) is 18.0 Å². The van der Waals surface area contributed by atoms with Crippen molar-refractivity contribution in [2.24, 2.45) is 11.7 Å². The van der Waals surface area contributed by atoms with Gasteiger partial charge in [0.05, 0.1) is 6.04 Å². The van der Waals surface area contributed by atoms with E-state index < -0.39 is 6.04 Å². The summed E-state index contributed by atoms with van der Waals surface area (Å²) < 4.78 is 0. The lowest BCUT2D eigenvalue weighted by molar-refractivity contribution is -0.124. The molecular formula is C17H28ClN3O. The Morgan fingerprint density at radius 2 is 2.09 bits per heavy atom. The third-order valence-electron chi connectivity index (χ3n) is 4.45. The van der Waals surface area contributed by atoms with Crippen molar-refractivity contribution in [3.05, 3.63) is 30.3 Å². The fourth-order valence-corrected chi connectivity index (χ4v) is 2.78. The molecule has 0 radical (unpaired) electrons. The maximum Gasteiger partial charge on any atom is 0.237 e. The summed E-state index contributed by atoms with van der Waals surface area (Å²) in [6.45, 7) is 6.01. The van der Waals surface area contributed by atoms with Gasteiger partial charge in [0, 0.05) is 24.8 Å². The predicted molar refractivity (Wildman–Crippen MR) is 94.5 cm³/mol. The van der Waals surface area contributed by atoms with Gasteiger partial charge in [-0.15, -0.1) is 12.4 Å². The summed E-state index contributed by atoms with van der Waals surface area (Å²) in [6.07, 6.45) is 3.05. The second-order valence-corrected chi connectivity index (χ2v) is 6.04. The molecule has 0 bridgehead atoms. The number of halogens is 1. The molecule has 1 aromatic carbocycles. The maximum absolute atomic E-state index is 12.2. The molecule has 1 amide bonds. The van der Waals surface area contributed by atoms with Crippen molar-refractivity contribution >= 4 is 24.0 Å². The van der Waals surface area contributed by atoms with Crippen LogP contribution in [-0.4, -0.2) is 31.1 Å². The van der Waals surface area contributed by atoms with E-state index in [1.807, 2.05) is 13.0 Å². The average molecular weight is 326 g/mol. The fourth-order valence-electron chi connectivity index (χ4n) is 2.78. The van der Waals surface area contributed by atoms with E-state index >= 15 is 0 Å². The molecule has 1 fully saturated rings. The minimum Gasteiger partial charge on any atom is -0.369 e. The lowest BCUT2D eigenvalue weighted by atomic mass is 9.98. The molecule has 2 rings (SSSR count). The standard InChI is InChI=1S/C17H27N3O.ClH/c1-3-13(2)16(18)17(21)19-14-8-7-11-20(12-14)15-9-5-4-6-10-15;/h4-6,9-10,13-14,16H,3,7-8,11-12,18H2,1-2H3,(H,19,21);1H. The van der Waals surface area contributed by atoms with Gasteiger partial charge in [-0.2, -0.15) is 0 Å². The summed E-state index contributed by atoms with van der Waals surface area (Å²) in [6, 6.07) is 10.2. The third-order valence-corrected chi connectivity index (χ3v) is 4.45. The van der Waals surface area contributed by atoms with Crippen LogP contribution in [0.5, 0.6) is 0 Å². The Kier molecular flexibility index (Phi) is 7.69. The van der Waals surface area contributed by atoms with Crippen LogP contribution in [0.25, 0.3) is 0 Å². The molecule has 1 saturated heterocycles. The molecular weight excluding hydrogens is 298 g/mol. The van der Waals surface area contributed by atoms with E-state index in [4.69, 9.17) is 5.73 Å². The Bertz CT molecular complexity index is 454. The second-order valence-electron chi connectivity index (χ2n) is 6.04. The summed E-state index contributed by atoms with van der Waals surface area (Å²) in [4.78, 5) is 14.5. The second kappa shape index (κ2) is 9.01. The van der Waals surface area contributed by atoms with Crippen molar-refractivity contribution < 1.29 is 4.79 Å². The number of carbonyl (C=O) groups is 1. The van der Waals surface area contributed by atoms with E-state index in [2.05, 4.69) is 41.4 Å². The Labute approximate surface area is 139 Å². The smallest absolute Gasteiger partial charge is 0.237 e. The summed E-state index contributed by atoms with van der Waals surface area (Å²) in [7, 11) is 0. The van der Waals surface area contributed by atoms with Crippen LogP contribution in [-0.2, 0) is 4.79 Å². The van der Waals surface area contributed by atoms with Crippen LogP contribution in [0, 0.1) is 5.92 Å². The van der Waals surface area contributed by atoms with Gasteiger partial charge in [0.25, 0.3) is 0 Å². The molecule has 4 nitrogen and oxygen atoms in total. The van der Waals surface area contributed by atoms with Crippen LogP contribution >= 0.6 is 12.4 Å². The first-order valence-corrected chi connectivity index (χ1v) is 7.97. The van der Waals surface area contributed by atoms with Crippen LogP contribution in [0.4, 0.5) is 5.69 Å². The molecule has 3 unspecified atom stereocenters. The number of anilines is 1. The largest absolute Gasteiger partial charge is 0.369 e. The number of hydrogen-bond acceptors (Lipinski definition) is 3. The Morgan fingerprint density at radius 1 is 1.41 bits per heavy atom. The normalized spacial score (nSPS) is 20.7. The highest BCUT2D eigenvalue weighted by atomic mass is 35.5. The summed E-state index contributed by atoms with van der Waals surface area (Å²) in [5.41, 5.74) is 7.23. The number of nitrogens with one attached hydrogen (secondary N) is 1. The molecule has 22 heavy (non-hydrogen) atoms. The number of rotatable bonds is 5. The van der Waals surface area contributed by atoms with Crippen molar-refractivity contribution in [1.82, 2.24) is 5.32 Å². The minimum atomic E-state index is -0.401. The highest BCUT2D eigenvalue weighted by molar-refractivity contribution is 5.85. The third kappa shape index (κ3) is 4.89. The van der Waals surface area contributed by atoms with Gasteiger partial charge in [-0.1, -0.05) is 38.5 Å². The molecule has 3 N–H and O–H groups in total. The zero-order chi connectivity index (χ0) is 15.2. The molecule has 0 spiro atoms. The molecule has 1 aliphatic heterocycles. The van der Waals surface area contributed by atoms with E-state index in [1.54, 1.807) is 0 Å². The predicted octanol–water partition coefficient (Wildman–Crippen LogP) is 2.57. The molecule has 0 saturated carbocycles. The van der Waals surface area contributed by atoms with E-state index in [0.29, 0.717) is 0 Å². The summed E-state index contributed by atoms with van der Waals surface area (Å²) in [5.74, 6) is 0.211. The van der Waals surface area contributed by atoms with Crippen LogP contribution in [0.2, 0.25) is 0 Å². The quantitative estimate of drug-likeness (QED) is 0.874. The average Bonchev–Trinajstić information content (AvgIpc) is 2.54.